The first-order chi connectivity index (χ1) is 10.5. The molecule has 5 nitrogen and oxygen atoms in total. The number of halogens is 2. The molecule has 2 N–H and O–H groups in total. The lowest BCUT2D eigenvalue weighted by Gasteiger charge is -2.06. The summed E-state index contributed by atoms with van der Waals surface area (Å²) in [4.78, 5) is 26.2. The van der Waals surface area contributed by atoms with Gasteiger partial charge in [0, 0.05) is 12.3 Å². The minimum atomic E-state index is -1.09. The van der Waals surface area contributed by atoms with Gasteiger partial charge in [0.1, 0.15) is 11.6 Å². The number of pyridine rings is 1. The summed E-state index contributed by atoms with van der Waals surface area (Å²) < 4.78 is 26.1. The second-order valence-electron chi connectivity index (χ2n) is 4.15. The molecule has 22 heavy (non-hydrogen) atoms. The molecule has 0 fully saturated rings. The number of aromatic nitrogens is 1. The summed E-state index contributed by atoms with van der Waals surface area (Å²) >= 11 is 1.06. The van der Waals surface area contributed by atoms with Crippen molar-refractivity contribution >= 4 is 29.3 Å². The van der Waals surface area contributed by atoms with Crippen LogP contribution in [0.25, 0.3) is 0 Å². The van der Waals surface area contributed by atoms with E-state index in [2.05, 4.69) is 10.3 Å². The number of carbonyl (C=O) groups is 2. The number of amides is 1. The van der Waals surface area contributed by atoms with Crippen LogP contribution in [-0.4, -0.2) is 27.7 Å². The molecule has 2 aromatic rings. The maximum atomic E-state index is 13.4. The molecule has 1 amide bonds. The Hall–Kier alpha value is -2.48. The van der Waals surface area contributed by atoms with Gasteiger partial charge in [0.05, 0.1) is 22.0 Å². The lowest BCUT2D eigenvalue weighted by Crippen LogP contribution is -2.15. The standard InChI is InChI=1S/C14H10F2N2O3S/c15-9-2-3-11(10(16)5-9)18-12(19)7-22-13-4-1-8(6-17-13)14(20)21/h1-6H,7H2,(H,18,19)(H,20,21). The first kappa shape index (κ1) is 15.9. The number of carbonyl (C=O) groups excluding carboxylic acids is 1. The molecule has 0 aliphatic heterocycles. The van der Waals surface area contributed by atoms with E-state index in [1.165, 1.54) is 18.3 Å². The lowest BCUT2D eigenvalue weighted by molar-refractivity contribution is -0.113. The summed E-state index contributed by atoms with van der Waals surface area (Å²) in [6.45, 7) is 0. The van der Waals surface area contributed by atoms with E-state index in [0.717, 1.165) is 23.9 Å². The van der Waals surface area contributed by atoms with E-state index in [-0.39, 0.29) is 17.0 Å². The largest absolute Gasteiger partial charge is 0.478 e. The highest BCUT2D eigenvalue weighted by molar-refractivity contribution is 7.99. The molecule has 0 spiro atoms. The number of hydrogen-bond donors (Lipinski definition) is 2. The molecule has 1 aromatic heterocycles. The fourth-order valence-corrected chi connectivity index (χ4v) is 2.15. The summed E-state index contributed by atoms with van der Waals surface area (Å²) in [5.41, 5.74) is -0.0663. The van der Waals surface area contributed by atoms with Gasteiger partial charge in [0.15, 0.2) is 0 Å². The third-order valence-electron chi connectivity index (χ3n) is 2.54. The number of nitrogens with one attached hydrogen (secondary N) is 1. The lowest BCUT2D eigenvalue weighted by atomic mass is 10.3. The number of rotatable bonds is 5. The van der Waals surface area contributed by atoms with Crippen molar-refractivity contribution in [1.29, 1.82) is 0 Å². The third-order valence-corrected chi connectivity index (χ3v) is 3.48. The van der Waals surface area contributed by atoms with E-state index in [0.29, 0.717) is 11.1 Å². The van der Waals surface area contributed by atoms with Crippen molar-refractivity contribution in [2.75, 3.05) is 11.1 Å². The van der Waals surface area contributed by atoms with Crippen LogP contribution in [0.3, 0.4) is 0 Å². The van der Waals surface area contributed by atoms with Gasteiger partial charge in [0.2, 0.25) is 5.91 Å². The second-order valence-corrected chi connectivity index (χ2v) is 5.15. The second kappa shape index (κ2) is 6.99. The Balaban J connectivity index is 1.91. The van der Waals surface area contributed by atoms with Crippen molar-refractivity contribution in [2.24, 2.45) is 0 Å². The van der Waals surface area contributed by atoms with E-state index in [4.69, 9.17) is 5.11 Å². The number of carboxylic acid groups (broad SMARTS) is 1. The van der Waals surface area contributed by atoms with Crippen molar-refractivity contribution in [3.8, 4) is 0 Å². The van der Waals surface area contributed by atoms with Gasteiger partial charge in [-0.2, -0.15) is 0 Å². The minimum absolute atomic E-state index is 0.0437. The Kier molecular flexibility index (Phi) is 5.05. The first-order valence-electron chi connectivity index (χ1n) is 6.03. The summed E-state index contributed by atoms with van der Waals surface area (Å²) in [6.07, 6.45) is 1.18. The minimum Gasteiger partial charge on any atom is -0.478 e. The molecule has 0 saturated heterocycles. The first-order valence-corrected chi connectivity index (χ1v) is 7.01. The topological polar surface area (TPSA) is 79.3 Å². The van der Waals surface area contributed by atoms with E-state index in [1.54, 1.807) is 0 Å². The number of thioether (sulfide) groups is 1. The van der Waals surface area contributed by atoms with Crippen LogP contribution in [0.15, 0.2) is 41.6 Å². The predicted octanol–water partition coefficient (Wildman–Crippen LogP) is 2.79. The maximum Gasteiger partial charge on any atom is 0.337 e. The molecule has 0 radical (unpaired) electrons. The number of anilines is 1. The Labute approximate surface area is 128 Å². The highest BCUT2D eigenvalue weighted by Crippen LogP contribution is 2.18. The number of aromatic carboxylic acids is 1. The zero-order valence-electron chi connectivity index (χ0n) is 11.0. The van der Waals surface area contributed by atoms with Crippen LogP contribution in [0, 0.1) is 11.6 Å². The fourth-order valence-electron chi connectivity index (χ4n) is 1.51. The van der Waals surface area contributed by atoms with Gasteiger partial charge in [0.25, 0.3) is 0 Å². The average Bonchev–Trinajstić information content (AvgIpc) is 2.48. The van der Waals surface area contributed by atoms with Crippen LogP contribution in [-0.2, 0) is 4.79 Å². The molecular weight excluding hydrogens is 314 g/mol. The molecule has 1 heterocycles. The van der Waals surface area contributed by atoms with Crippen molar-refractivity contribution < 1.29 is 23.5 Å². The monoisotopic (exact) mass is 324 g/mol. The Morgan fingerprint density at radius 1 is 1.23 bits per heavy atom. The van der Waals surface area contributed by atoms with Crippen LogP contribution >= 0.6 is 11.8 Å². The molecule has 0 bridgehead atoms. The summed E-state index contributed by atoms with van der Waals surface area (Å²) in [7, 11) is 0. The number of hydrogen-bond acceptors (Lipinski definition) is 4. The van der Waals surface area contributed by atoms with Gasteiger partial charge in [-0.05, 0) is 24.3 Å². The Morgan fingerprint density at radius 3 is 2.59 bits per heavy atom. The van der Waals surface area contributed by atoms with Crippen LogP contribution in [0.1, 0.15) is 10.4 Å². The highest BCUT2D eigenvalue weighted by Gasteiger charge is 2.09. The summed E-state index contributed by atoms with van der Waals surface area (Å²) in [5, 5.41) is 11.5. The van der Waals surface area contributed by atoms with Gasteiger partial charge < -0.3 is 10.4 Å². The molecule has 0 aliphatic carbocycles. The van der Waals surface area contributed by atoms with Gasteiger partial charge >= 0.3 is 5.97 Å². The van der Waals surface area contributed by atoms with Crippen molar-refractivity contribution in [3.05, 3.63) is 53.7 Å². The van der Waals surface area contributed by atoms with Crippen molar-refractivity contribution in [3.63, 3.8) is 0 Å². The Morgan fingerprint density at radius 2 is 2.00 bits per heavy atom. The summed E-state index contributed by atoms with van der Waals surface area (Å²) in [5.74, 6) is -3.21. The average molecular weight is 324 g/mol. The van der Waals surface area contributed by atoms with Crippen LogP contribution in [0.5, 0.6) is 0 Å². The Bertz CT molecular complexity index is 708. The molecular formula is C14H10F2N2O3S. The normalized spacial score (nSPS) is 10.3. The maximum absolute atomic E-state index is 13.4. The zero-order valence-corrected chi connectivity index (χ0v) is 11.9. The van der Waals surface area contributed by atoms with E-state index >= 15 is 0 Å². The summed E-state index contributed by atoms with van der Waals surface area (Å²) in [6, 6.07) is 5.69. The van der Waals surface area contributed by atoms with E-state index in [1.807, 2.05) is 0 Å². The van der Waals surface area contributed by atoms with Gasteiger partial charge in [-0.25, -0.2) is 18.6 Å². The third kappa shape index (κ3) is 4.26. The quantitative estimate of drug-likeness (QED) is 0.827. The molecule has 0 aliphatic rings. The number of carboxylic acids is 1. The fraction of sp³-hybridized carbons (Fsp3) is 0.0714. The van der Waals surface area contributed by atoms with Crippen molar-refractivity contribution in [1.82, 2.24) is 4.98 Å². The molecule has 114 valence electrons. The SMILES string of the molecule is O=C(CSc1ccc(C(=O)O)cn1)Nc1ccc(F)cc1F. The van der Waals surface area contributed by atoms with Crippen LogP contribution < -0.4 is 5.32 Å². The molecule has 2 rings (SSSR count). The van der Waals surface area contributed by atoms with Crippen LogP contribution in [0.2, 0.25) is 0 Å². The molecule has 8 heteroatoms. The zero-order chi connectivity index (χ0) is 16.1. The van der Waals surface area contributed by atoms with Crippen molar-refractivity contribution in [2.45, 2.75) is 5.03 Å². The van der Waals surface area contributed by atoms with E-state index in [9.17, 15) is 18.4 Å². The van der Waals surface area contributed by atoms with Gasteiger partial charge in [-0.1, -0.05) is 11.8 Å². The predicted molar refractivity (Wildman–Crippen MR) is 76.9 cm³/mol. The molecule has 0 atom stereocenters. The highest BCUT2D eigenvalue weighted by atomic mass is 32.2. The van der Waals surface area contributed by atoms with E-state index < -0.39 is 23.5 Å². The molecule has 0 saturated carbocycles. The van der Waals surface area contributed by atoms with Gasteiger partial charge in [-0.3, -0.25) is 4.79 Å². The number of nitrogens with zero attached hydrogens (tertiary/aromatic N) is 1. The number of benzene rings is 1. The molecule has 0 unspecified atom stereocenters. The van der Waals surface area contributed by atoms with Crippen LogP contribution in [0.4, 0.5) is 14.5 Å². The van der Waals surface area contributed by atoms with Gasteiger partial charge in [-0.15, -0.1) is 0 Å². The molecule has 1 aromatic carbocycles. The smallest absolute Gasteiger partial charge is 0.337 e.